The molecule has 0 atom stereocenters. The van der Waals surface area contributed by atoms with Crippen molar-refractivity contribution in [2.75, 3.05) is 23.8 Å². The molecule has 1 aromatic heterocycles. The lowest BCUT2D eigenvalue weighted by Gasteiger charge is -2.09. The summed E-state index contributed by atoms with van der Waals surface area (Å²) < 4.78 is 5.55. The van der Waals surface area contributed by atoms with Gasteiger partial charge in [-0.3, -0.25) is 4.79 Å². The molecule has 0 unspecified atom stereocenters. The quantitative estimate of drug-likeness (QED) is 0.599. The van der Waals surface area contributed by atoms with Gasteiger partial charge >= 0.3 is 0 Å². The van der Waals surface area contributed by atoms with Gasteiger partial charge in [-0.1, -0.05) is 41.4 Å². The standard InChI is InChI=1S/C21H21ClN4O2/c1-15-2-6-17(7-3-15)26-20(27)13-28-18-8-4-16(5-9-18)10-11-24-21-19(22)12-23-14-25-21/h2-9,12,14H,10-11,13H2,1H3,(H,26,27)(H,23,24,25). The molecule has 3 rings (SSSR count). The summed E-state index contributed by atoms with van der Waals surface area (Å²) in [5.74, 6) is 1.07. The van der Waals surface area contributed by atoms with E-state index in [1.165, 1.54) is 6.33 Å². The molecule has 0 saturated heterocycles. The Morgan fingerprint density at radius 1 is 1.11 bits per heavy atom. The molecule has 0 spiro atoms. The third-order valence-corrected chi connectivity index (χ3v) is 4.28. The van der Waals surface area contributed by atoms with E-state index >= 15 is 0 Å². The monoisotopic (exact) mass is 396 g/mol. The van der Waals surface area contributed by atoms with Crippen LogP contribution in [0, 0.1) is 6.92 Å². The summed E-state index contributed by atoms with van der Waals surface area (Å²) in [6.45, 7) is 2.65. The van der Waals surface area contributed by atoms with Crippen LogP contribution in [0.2, 0.25) is 5.02 Å². The van der Waals surface area contributed by atoms with Crippen LogP contribution in [0.1, 0.15) is 11.1 Å². The number of ether oxygens (including phenoxy) is 1. The van der Waals surface area contributed by atoms with Crippen LogP contribution in [0.25, 0.3) is 0 Å². The van der Waals surface area contributed by atoms with E-state index in [4.69, 9.17) is 16.3 Å². The Morgan fingerprint density at radius 3 is 2.57 bits per heavy atom. The minimum Gasteiger partial charge on any atom is -0.484 e. The molecule has 0 aliphatic carbocycles. The summed E-state index contributed by atoms with van der Waals surface area (Å²) in [6, 6.07) is 15.3. The fraction of sp³-hybridized carbons (Fsp3) is 0.190. The minimum absolute atomic E-state index is 0.0407. The Hall–Kier alpha value is -3.12. The first-order valence-corrected chi connectivity index (χ1v) is 9.25. The Morgan fingerprint density at radius 2 is 1.86 bits per heavy atom. The number of hydrogen-bond donors (Lipinski definition) is 2. The Kier molecular flexibility index (Phi) is 6.81. The maximum Gasteiger partial charge on any atom is 0.262 e. The molecule has 0 aliphatic heterocycles. The van der Waals surface area contributed by atoms with Crippen LogP contribution >= 0.6 is 11.6 Å². The third-order valence-electron chi connectivity index (χ3n) is 4.00. The molecule has 0 radical (unpaired) electrons. The molecule has 0 aliphatic rings. The van der Waals surface area contributed by atoms with Crippen molar-refractivity contribution in [3.63, 3.8) is 0 Å². The molecule has 28 heavy (non-hydrogen) atoms. The summed E-state index contributed by atoms with van der Waals surface area (Å²) in [5.41, 5.74) is 3.03. The molecule has 1 heterocycles. The van der Waals surface area contributed by atoms with Crippen LogP contribution < -0.4 is 15.4 Å². The summed E-state index contributed by atoms with van der Waals surface area (Å²) in [5, 5.41) is 6.48. The number of nitrogens with one attached hydrogen (secondary N) is 2. The number of rotatable bonds is 8. The Labute approximate surface area is 168 Å². The van der Waals surface area contributed by atoms with E-state index in [1.54, 1.807) is 6.20 Å². The second kappa shape index (κ2) is 9.71. The number of anilines is 2. The van der Waals surface area contributed by atoms with Crippen LogP contribution in [0.5, 0.6) is 5.75 Å². The van der Waals surface area contributed by atoms with E-state index in [0.29, 0.717) is 23.1 Å². The van der Waals surface area contributed by atoms with Crippen molar-refractivity contribution in [2.24, 2.45) is 0 Å². The van der Waals surface area contributed by atoms with Crippen molar-refractivity contribution in [1.82, 2.24) is 9.97 Å². The number of hydrogen-bond acceptors (Lipinski definition) is 5. The average Bonchev–Trinajstić information content (AvgIpc) is 2.71. The van der Waals surface area contributed by atoms with Crippen LogP contribution in [-0.2, 0) is 11.2 Å². The number of carbonyl (C=O) groups is 1. The predicted molar refractivity (Wildman–Crippen MR) is 111 cm³/mol. The highest BCUT2D eigenvalue weighted by Gasteiger charge is 2.04. The van der Waals surface area contributed by atoms with Gasteiger partial charge in [0.05, 0.1) is 6.20 Å². The first-order chi connectivity index (χ1) is 13.6. The van der Waals surface area contributed by atoms with Crippen molar-refractivity contribution >= 4 is 29.0 Å². The lowest BCUT2D eigenvalue weighted by molar-refractivity contribution is -0.118. The van der Waals surface area contributed by atoms with Gasteiger partial charge in [0, 0.05) is 12.2 Å². The van der Waals surface area contributed by atoms with Crippen LogP contribution in [-0.4, -0.2) is 29.0 Å². The van der Waals surface area contributed by atoms with Gasteiger partial charge in [0.1, 0.15) is 22.9 Å². The van der Waals surface area contributed by atoms with Gasteiger partial charge in [-0.15, -0.1) is 0 Å². The largest absolute Gasteiger partial charge is 0.484 e. The highest BCUT2D eigenvalue weighted by Crippen LogP contribution is 2.17. The van der Waals surface area contributed by atoms with E-state index in [2.05, 4.69) is 20.6 Å². The van der Waals surface area contributed by atoms with Crippen molar-refractivity contribution < 1.29 is 9.53 Å². The molecule has 2 aromatic carbocycles. The van der Waals surface area contributed by atoms with Crippen molar-refractivity contribution in [1.29, 1.82) is 0 Å². The first-order valence-electron chi connectivity index (χ1n) is 8.88. The molecule has 7 heteroatoms. The Bertz CT molecular complexity index is 914. The van der Waals surface area contributed by atoms with Crippen LogP contribution in [0.4, 0.5) is 11.5 Å². The molecule has 3 aromatic rings. The summed E-state index contributed by atoms with van der Waals surface area (Å²) in [7, 11) is 0. The highest BCUT2D eigenvalue weighted by atomic mass is 35.5. The number of benzene rings is 2. The number of nitrogens with zero attached hydrogens (tertiary/aromatic N) is 2. The van der Waals surface area contributed by atoms with E-state index in [1.807, 2.05) is 55.5 Å². The molecule has 144 valence electrons. The fourth-order valence-electron chi connectivity index (χ4n) is 2.50. The maximum atomic E-state index is 12.0. The number of halogens is 1. The maximum absolute atomic E-state index is 12.0. The zero-order chi connectivity index (χ0) is 19.8. The lowest BCUT2D eigenvalue weighted by Crippen LogP contribution is -2.20. The molecular weight excluding hydrogens is 376 g/mol. The SMILES string of the molecule is Cc1ccc(NC(=O)COc2ccc(CCNc3ncncc3Cl)cc2)cc1. The van der Waals surface area contributed by atoms with E-state index in [9.17, 15) is 4.79 Å². The zero-order valence-electron chi connectivity index (χ0n) is 15.5. The molecule has 0 bridgehead atoms. The number of aryl methyl sites for hydroxylation is 1. The van der Waals surface area contributed by atoms with Gasteiger partial charge in [0.15, 0.2) is 6.61 Å². The lowest BCUT2D eigenvalue weighted by atomic mass is 10.1. The van der Waals surface area contributed by atoms with Crippen LogP contribution in [0.3, 0.4) is 0 Å². The van der Waals surface area contributed by atoms with E-state index in [0.717, 1.165) is 23.2 Å². The van der Waals surface area contributed by atoms with Crippen molar-refractivity contribution in [2.45, 2.75) is 13.3 Å². The van der Waals surface area contributed by atoms with Gasteiger partial charge < -0.3 is 15.4 Å². The van der Waals surface area contributed by atoms with Gasteiger partial charge in [0.2, 0.25) is 0 Å². The zero-order valence-corrected chi connectivity index (χ0v) is 16.2. The second-order valence-electron chi connectivity index (χ2n) is 6.24. The number of amides is 1. The van der Waals surface area contributed by atoms with Gasteiger partial charge in [0.25, 0.3) is 5.91 Å². The third kappa shape index (κ3) is 5.96. The molecule has 0 fully saturated rings. The second-order valence-corrected chi connectivity index (χ2v) is 6.65. The molecular formula is C21H21ClN4O2. The van der Waals surface area contributed by atoms with Gasteiger partial charge in [-0.2, -0.15) is 0 Å². The smallest absolute Gasteiger partial charge is 0.262 e. The highest BCUT2D eigenvalue weighted by molar-refractivity contribution is 6.32. The normalized spacial score (nSPS) is 10.4. The van der Waals surface area contributed by atoms with Gasteiger partial charge in [-0.25, -0.2) is 9.97 Å². The van der Waals surface area contributed by atoms with Gasteiger partial charge in [-0.05, 0) is 43.2 Å². The number of aromatic nitrogens is 2. The van der Waals surface area contributed by atoms with Crippen molar-refractivity contribution in [3.05, 3.63) is 77.2 Å². The molecule has 2 N–H and O–H groups in total. The first kappa shape index (κ1) is 19.6. The minimum atomic E-state index is -0.196. The topological polar surface area (TPSA) is 76.1 Å². The summed E-state index contributed by atoms with van der Waals surface area (Å²) in [4.78, 5) is 19.9. The molecule has 1 amide bonds. The fourth-order valence-corrected chi connectivity index (χ4v) is 2.68. The molecule has 6 nitrogen and oxygen atoms in total. The molecule has 0 saturated carbocycles. The number of carbonyl (C=O) groups excluding carboxylic acids is 1. The summed E-state index contributed by atoms with van der Waals surface area (Å²) in [6.07, 6.45) is 3.81. The summed E-state index contributed by atoms with van der Waals surface area (Å²) >= 11 is 6.01. The predicted octanol–water partition coefficient (Wildman–Crippen LogP) is 4.11. The average molecular weight is 397 g/mol. The Balaban J connectivity index is 1.42. The van der Waals surface area contributed by atoms with Crippen molar-refractivity contribution in [3.8, 4) is 5.75 Å². The van der Waals surface area contributed by atoms with Crippen LogP contribution in [0.15, 0.2) is 61.1 Å². The van der Waals surface area contributed by atoms with E-state index in [-0.39, 0.29) is 12.5 Å². The van der Waals surface area contributed by atoms with E-state index < -0.39 is 0 Å².